The number of hydrogen-bond acceptors (Lipinski definition) is 8. The van der Waals surface area contributed by atoms with Gasteiger partial charge in [0.1, 0.15) is 24.2 Å². The normalized spacial score (nSPS) is 16.3. The maximum atomic E-state index is 13.8. The molecule has 4 rings (SSSR count). The van der Waals surface area contributed by atoms with Crippen LogP contribution in [0.1, 0.15) is 69.3 Å². The van der Waals surface area contributed by atoms with Crippen molar-refractivity contribution in [1.29, 1.82) is 0 Å². The van der Waals surface area contributed by atoms with Crippen molar-refractivity contribution in [2.24, 2.45) is 17.6 Å². The zero-order valence-corrected chi connectivity index (χ0v) is 33.4. The van der Waals surface area contributed by atoms with E-state index in [4.69, 9.17) is 5.73 Å². The van der Waals surface area contributed by atoms with Gasteiger partial charge >= 0.3 is 5.97 Å². The molecule has 6 atom stereocenters. The van der Waals surface area contributed by atoms with E-state index in [9.17, 15) is 43.5 Å². The predicted molar refractivity (Wildman–Crippen MR) is 216 cm³/mol. The third-order valence-corrected chi connectivity index (χ3v) is 10.5. The Bertz CT molecular complexity index is 2020. The van der Waals surface area contributed by atoms with Crippen LogP contribution in [0.4, 0.5) is 5.69 Å². The number of carbonyl (C=O) groups is 8. The lowest BCUT2D eigenvalue weighted by molar-refractivity contribution is -0.146. The minimum atomic E-state index is -1.58. The smallest absolute Gasteiger partial charge is 0.305 e. The van der Waals surface area contributed by atoms with E-state index in [1.807, 2.05) is 50.2 Å². The minimum absolute atomic E-state index is 0.0523. The molecule has 3 aromatic rings. The molecule has 0 aliphatic carbocycles. The average Bonchev–Trinajstić information content (AvgIpc) is 3.53. The highest BCUT2D eigenvalue weighted by atomic mass is 16.4. The van der Waals surface area contributed by atoms with Crippen LogP contribution < -0.4 is 27.0 Å². The number of likely N-dealkylation sites (N-methyl/N-ethyl adjacent to an activating group) is 1. The maximum absolute atomic E-state index is 13.8. The molecule has 16 nitrogen and oxygen atoms in total. The standard InChI is InChI=1S/C42H53N7O9/c1-6-24(3)36(38(43)54)47-34(51)23-48(5)41(57)32(22-35(52)53)46-40(56)37(25(4)7-2)49-19-18-31(42(49)58)45-33(50)20-26-12-16-30(17-13-26)44-39(55)29-15-14-27-10-8-9-11-28(27)21-29/h8-17,21,24-25,31-32,36-37H,6-7,18-20,22-23H2,1-5H3,(H2,43,54)(H,44,55)(H,45,50)(H,46,56)(H,47,51)(H,52,53)/t24-,25-,31+,32-,36-,37-/m0/s1. The number of likely N-dealkylation sites (tertiary alicyclic amines) is 1. The van der Waals surface area contributed by atoms with Gasteiger partial charge in [-0.3, -0.25) is 38.4 Å². The van der Waals surface area contributed by atoms with Gasteiger partial charge < -0.3 is 41.9 Å². The van der Waals surface area contributed by atoms with Crippen molar-refractivity contribution in [3.8, 4) is 0 Å². The summed E-state index contributed by atoms with van der Waals surface area (Å²) in [6.45, 7) is 6.69. The fraction of sp³-hybridized carbons (Fsp3) is 0.429. The molecule has 0 saturated carbocycles. The van der Waals surface area contributed by atoms with Crippen LogP contribution in [0.5, 0.6) is 0 Å². The van der Waals surface area contributed by atoms with Gasteiger partial charge in [0.2, 0.25) is 35.4 Å². The van der Waals surface area contributed by atoms with E-state index in [0.717, 1.165) is 15.7 Å². The Morgan fingerprint density at radius 2 is 1.53 bits per heavy atom. The van der Waals surface area contributed by atoms with E-state index in [2.05, 4.69) is 21.3 Å². The van der Waals surface area contributed by atoms with Gasteiger partial charge in [-0.25, -0.2) is 0 Å². The Kier molecular flexibility index (Phi) is 15.5. The summed E-state index contributed by atoms with van der Waals surface area (Å²) in [7, 11) is 1.26. The lowest BCUT2D eigenvalue weighted by atomic mass is 9.96. The maximum Gasteiger partial charge on any atom is 0.305 e. The third kappa shape index (κ3) is 11.6. The molecule has 0 aromatic heterocycles. The van der Waals surface area contributed by atoms with Crippen LogP contribution in [0.2, 0.25) is 0 Å². The van der Waals surface area contributed by atoms with Crippen LogP contribution in [0.15, 0.2) is 66.7 Å². The Balaban J connectivity index is 1.35. The van der Waals surface area contributed by atoms with Gasteiger partial charge in [0.05, 0.1) is 19.4 Å². The Hall–Kier alpha value is -6.32. The van der Waals surface area contributed by atoms with Gasteiger partial charge in [-0.2, -0.15) is 0 Å². The predicted octanol–water partition coefficient (Wildman–Crippen LogP) is 2.20. The topological polar surface area (TPSA) is 237 Å². The quantitative estimate of drug-likeness (QED) is 0.104. The number of primary amides is 1. The van der Waals surface area contributed by atoms with Crippen LogP contribution >= 0.6 is 0 Å². The molecule has 0 bridgehead atoms. The Morgan fingerprint density at radius 1 is 0.879 bits per heavy atom. The first-order chi connectivity index (χ1) is 27.5. The molecule has 16 heteroatoms. The molecule has 1 heterocycles. The number of amides is 7. The lowest BCUT2D eigenvalue weighted by Crippen LogP contribution is -2.58. The second kappa shape index (κ2) is 20.2. The van der Waals surface area contributed by atoms with Crippen molar-refractivity contribution >= 4 is 63.8 Å². The van der Waals surface area contributed by atoms with Crippen molar-refractivity contribution < 1.29 is 43.5 Å². The summed E-state index contributed by atoms with van der Waals surface area (Å²) in [4.78, 5) is 106. The monoisotopic (exact) mass is 799 g/mol. The van der Waals surface area contributed by atoms with Crippen molar-refractivity contribution in [2.45, 2.75) is 84.0 Å². The molecular formula is C42H53N7O9. The largest absolute Gasteiger partial charge is 0.481 e. The first kappa shape index (κ1) is 44.4. The number of fused-ring (bicyclic) bond motifs is 1. The summed E-state index contributed by atoms with van der Waals surface area (Å²) in [5.74, 6) is -6.36. The molecule has 58 heavy (non-hydrogen) atoms. The van der Waals surface area contributed by atoms with Gasteiger partial charge in [-0.1, -0.05) is 83.0 Å². The zero-order valence-electron chi connectivity index (χ0n) is 33.4. The number of rotatable bonds is 19. The van der Waals surface area contributed by atoms with E-state index in [1.165, 1.54) is 11.9 Å². The number of anilines is 1. The van der Waals surface area contributed by atoms with E-state index in [1.54, 1.807) is 44.2 Å². The van der Waals surface area contributed by atoms with Crippen molar-refractivity contribution in [2.75, 3.05) is 25.5 Å². The Labute approximate surface area is 337 Å². The van der Waals surface area contributed by atoms with Gasteiger partial charge in [0, 0.05) is 24.8 Å². The number of carbonyl (C=O) groups excluding carboxylic acids is 7. The zero-order chi connectivity index (χ0) is 42.7. The molecule has 0 spiro atoms. The van der Waals surface area contributed by atoms with E-state index < -0.39 is 84.5 Å². The average molecular weight is 800 g/mol. The number of aliphatic carboxylic acids is 1. The molecule has 0 radical (unpaired) electrons. The Morgan fingerprint density at radius 3 is 2.16 bits per heavy atom. The van der Waals surface area contributed by atoms with Crippen molar-refractivity contribution in [3.63, 3.8) is 0 Å². The number of carboxylic acids is 1. The summed E-state index contributed by atoms with van der Waals surface area (Å²) in [5, 5.41) is 22.2. The second-order valence-electron chi connectivity index (χ2n) is 14.8. The summed E-state index contributed by atoms with van der Waals surface area (Å²) in [6, 6.07) is 15.4. The molecular weight excluding hydrogens is 747 g/mol. The first-order valence-electron chi connectivity index (χ1n) is 19.4. The number of nitrogens with zero attached hydrogens (tertiary/aromatic N) is 2. The molecule has 7 amide bonds. The molecule has 0 unspecified atom stereocenters. The van der Waals surface area contributed by atoms with Crippen LogP contribution in [0.3, 0.4) is 0 Å². The summed E-state index contributed by atoms with van der Waals surface area (Å²) >= 11 is 0. The minimum Gasteiger partial charge on any atom is -0.481 e. The second-order valence-corrected chi connectivity index (χ2v) is 14.8. The van der Waals surface area contributed by atoms with Gasteiger partial charge in [-0.15, -0.1) is 0 Å². The van der Waals surface area contributed by atoms with Crippen molar-refractivity contribution in [1.82, 2.24) is 25.8 Å². The number of carboxylic acid groups (broad SMARTS) is 1. The molecule has 310 valence electrons. The molecule has 7 N–H and O–H groups in total. The van der Waals surface area contributed by atoms with E-state index in [-0.39, 0.29) is 31.2 Å². The SMILES string of the molecule is CC[C@H](C)[C@H](NC(=O)CN(C)C(=O)[C@H](CC(=O)O)NC(=O)[C@H]([C@@H](C)CC)N1CC[C@@H](NC(=O)Cc2ccc(NC(=O)c3ccc4ccccc4c3)cc2)C1=O)C(N)=O. The highest BCUT2D eigenvalue weighted by Crippen LogP contribution is 2.23. The summed E-state index contributed by atoms with van der Waals surface area (Å²) in [5.41, 5.74) is 7.12. The summed E-state index contributed by atoms with van der Waals surface area (Å²) in [6.07, 6.45) is 0.356. The van der Waals surface area contributed by atoms with E-state index >= 15 is 0 Å². The fourth-order valence-corrected chi connectivity index (χ4v) is 6.85. The van der Waals surface area contributed by atoms with Crippen LogP contribution in [0.25, 0.3) is 10.8 Å². The highest BCUT2D eigenvalue weighted by Gasteiger charge is 2.43. The first-order valence-corrected chi connectivity index (χ1v) is 19.4. The van der Waals surface area contributed by atoms with Gasteiger partial charge in [-0.05, 0) is 58.9 Å². The van der Waals surface area contributed by atoms with Crippen LogP contribution in [-0.2, 0) is 40.0 Å². The number of nitrogens with two attached hydrogens (primary N) is 1. The molecule has 1 aliphatic rings. The lowest BCUT2D eigenvalue weighted by Gasteiger charge is -2.33. The third-order valence-electron chi connectivity index (χ3n) is 10.5. The molecule has 3 aromatic carbocycles. The number of nitrogens with one attached hydrogen (secondary N) is 4. The fourth-order valence-electron chi connectivity index (χ4n) is 6.85. The van der Waals surface area contributed by atoms with Gasteiger partial charge in [0.25, 0.3) is 5.91 Å². The molecule has 1 saturated heterocycles. The van der Waals surface area contributed by atoms with Crippen LogP contribution in [0, 0.1) is 11.8 Å². The number of benzene rings is 3. The number of hydrogen-bond donors (Lipinski definition) is 6. The van der Waals surface area contributed by atoms with E-state index in [0.29, 0.717) is 29.7 Å². The molecule has 1 fully saturated rings. The summed E-state index contributed by atoms with van der Waals surface area (Å²) < 4.78 is 0. The van der Waals surface area contributed by atoms with Crippen LogP contribution in [-0.4, -0.2) is 107 Å². The molecule has 1 aliphatic heterocycles. The highest BCUT2D eigenvalue weighted by molar-refractivity contribution is 6.06. The van der Waals surface area contributed by atoms with Crippen molar-refractivity contribution in [3.05, 3.63) is 77.9 Å². The van der Waals surface area contributed by atoms with Gasteiger partial charge in [0.15, 0.2) is 0 Å².